The topological polar surface area (TPSA) is 34.1 Å². The van der Waals surface area contributed by atoms with Gasteiger partial charge in [-0.3, -0.25) is 4.98 Å². The van der Waals surface area contributed by atoms with E-state index >= 15 is 0 Å². The monoisotopic (exact) mass is 278 g/mol. The number of benzene rings is 2. The summed E-state index contributed by atoms with van der Waals surface area (Å²) in [7, 11) is 1.95. The van der Waals surface area contributed by atoms with E-state index in [1.54, 1.807) is 0 Å². The molecule has 1 atom stereocenters. The SMILES string of the molecule is CNC(COc1ccccc1)c1cccc2ncccc12. The van der Waals surface area contributed by atoms with E-state index in [9.17, 15) is 0 Å². The maximum absolute atomic E-state index is 5.88. The van der Waals surface area contributed by atoms with Crippen LogP contribution in [0.25, 0.3) is 10.9 Å². The fourth-order valence-corrected chi connectivity index (χ4v) is 2.46. The van der Waals surface area contributed by atoms with E-state index in [1.165, 1.54) is 5.56 Å². The molecule has 0 aliphatic carbocycles. The van der Waals surface area contributed by atoms with Crippen molar-refractivity contribution >= 4 is 10.9 Å². The summed E-state index contributed by atoms with van der Waals surface area (Å²) in [5.74, 6) is 0.885. The Morgan fingerprint density at radius 2 is 1.86 bits per heavy atom. The van der Waals surface area contributed by atoms with Gasteiger partial charge in [-0.1, -0.05) is 36.4 Å². The number of pyridine rings is 1. The summed E-state index contributed by atoms with van der Waals surface area (Å²) < 4.78 is 5.88. The van der Waals surface area contributed by atoms with Crippen molar-refractivity contribution < 1.29 is 4.74 Å². The number of nitrogens with zero attached hydrogens (tertiary/aromatic N) is 1. The molecule has 1 heterocycles. The highest BCUT2D eigenvalue weighted by Gasteiger charge is 2.13. The molecular weight excluding hydrogens is 260 g/mol. The minimum atomic E-state index is 0.123. The Hall–Kier alpha value is -2.39. The third-order valence-corrected chi connectivity index (χ3v) is 3.56. The Morgan fingerprint density at radius 3 is 2.67 bits per heavy atom. The molecule has 0 saturated heterocycles. The molecule has 3 nitrogen and oxygen atoms in total. The standard InChI is InChI=1S/C18H18N2O/c1-19-18(13-21-14-7-3-2-4-8-14)16-9-5-11-17-15(16)10-6-12-20-17/h2-12,18-19H,13H2,1H3. The average molecular weight is 278 g/mol. The number of fused-ring (bicyclic) bond motifs is 1. The van der Waals surface area contributed by atoms with Crippen LogP contribution in [0.3, 0.4) is 0 Å². The summed E-state index contributed by atoms with van der Waals surface area (Å²) in [6.07, 6.45) is 1.82. The molecule has 1 aromatic heterocycles. The second-order valence-electron chi connectivity index (χ2n) is 4.88. The predicted molar refractivity (Wildman–Crippen MR) is 85.5 cm³/mol. The van der Waals surface area contributed by atoms with Gasteiger partial charge in [-0.05, 0) is 36.9 Å². The van der Waals surface area contributed by atoms with Crippen LogP contribution >= 0.6 is 0 Å². The summed E-state index contributed by atoms with van der Waals surface area (Å²) in [5.41, 5.74) is 2.22. The Balaban J connectivity index is 1.85. The summed E-state index contributed by atoms with van der Waals surface area (Å²) in [6, 6.07) is 20.3. The van der Waals surface area contributed by atoms with Crippen molar-refractivity contribution in [2.24, 2.45) is 0 Å². The van der Waals surface area contributed by atoms with Gasteiger partial charge in [-0.25, -0.2) is 0 Å². The van der Waals surface area contributed by atoms with Crippen molar-refractivity contribution in [2.45, 2.75) is 6.04 Å². The zero-order valence-corrected chi connectivity index (χ0v) is 12.0. The van der Waals surface area contributed by atoms with Gasteiger partial charge in [0.25, 0.3) is 0 Å². The van der Waals surface area contributed by atoms with Crippen molar-refractivity contribution in [3.8, 4) is 5.75 Å². The lowest BCUT2D eigenvalue weighted by atomic mass is 10.0. The van der Waals surface area contributed by atoms with Crippen LogP contribution in [0.5, 0.6) is 5.75 Å². The number of aromatic nitrogens is 1. The van der Waals surface area contributed by atoms with Gasteiger partial charge >= 0.3 is 0 Å². The first-order valence-corrected chi connectivity index (χ1v) is 7.07. The van der Waals surface area contributed by atoms with Gasteiger partial charge in [-0.2, -0.15) is 0 Å². The molecule has 2 aromatic carbocycles. The van der Waals surface area contributed by atoms with Gasteiger partial charge in [0.05, 0.1) is 11.6 Å². The van der Waals surface area contributed by atoms with Gasteiger partial charge in [0.1, 0.15) is 12.4 Å². The number of nitrogens with one attached hydrogen (secondary N) is 1. The molecule has 3 heteroatoms. The van der Waals surface area contributed by atoms with E-state index in [0.29, 0.717) is 6.61 Å². The highest BCUT2D eigenvalue weighted by molar-refractivity contribution is 5.82. The molecule has 0 radical (unpaired) electrons. The molecule has 0 fully saturated rings. The molecule has 21 heavy (non-hydrogen) atoms. The molecule has 3 aromatic rings. The number of hydrogen-bond acceptors (Lipinski definition) is 3. The quantitative estimate of drug-likeness (QED) is 0.774. The lowest BCUT2D eigenvalue weighted by molar-refractivity contribution is 0.274. The summed E-state index contributed by atoms with van der Waals surface area (Å²) in [6.45, 7) is 0.578. The van der Waals surface area contributed by atoms with E-state index in [-0.39, 0.29) is 6.04 Å². The van der Waals surface area contributed by atoms with Crippen LogP contribution < -0.4 is 10.1 Å². The van der Waals surface area contributed by atoms with E-state index < -0.39 is 0 Å². The van der Waals surface area contributed by atoms with Gasteiger partial charge in [0, 0.05) is 11.6 Å². The number of hydrogen-bond donors (Lipinski definition) is 1. The smallest absolute Gasteiger partial charge is 0.119 e. The fourth-order valence-electron chi connectivity index (χ4n) is 2.46. The van der Waals surface area contributed by atoms with Crippen LogP contribution in [0.4, 0.5) is 0 Å². The summed E-state index contributed by atoms with van der Waals surface area (Å²) in [4.78, 5) is 4.41. The average Bonchev–Trinajstić information content (AvgIpc) is 2.56. The van der Waals surface area contributed by atoms with Gasteiger partial charge in [0.15, 0.2) is 0 Å². The number of likely N-dealkylation sites (N-methyl/N-ethyl adjacent to an activating group) is 1. The Morgan fingerprint density at radius 1 is 1.00 bits per heavy atom. The Kier molecular flexibility index (Phi) is 4.12. The maximum Gasteiger partial charge on any atom is 0.119 e. The molecule has 0 bridgehead atoms. The van der Waals surface area contributed by atoms with Crippen LogP contribution in [0.1, 0.15) is 11.6 Å². The molecular formula is C18H18N2O. The van der Waals surface area contributed by atoms with E-state index in [1.807, 2.05) is 61.8 Å². The number of para-hydroxylation sites is 1. The number of rotatable bonds is 5. The number of ether oxygens (including phenoxy) is 1. The highest BCUT2D eigenvalue weighted by atomic mass is 16.5. The largest absolute Gasteiger partial charge is 0.492 e. The van der Waals surface area contributed by atoms with Crippen molar-refractivity contribution in [3.63, 3.8) is 0 Å². The third-order valence-electron chi connectivity index (χ3n) is 3.56. The Bertz CT molecular complexity index is 707. The minimum Gasteiger partial charge on any atom is -0.492 e. The Labute approximate surface area is 124 Å². The van der Waals surface area contributed by atoms with Gasteiger partial charge in [-0.15, -0.1) is 0 Å². The lowest BCUT2D eigenvalue weighted by Gasteiger charge is -2.19. The zero-order chi connectivity index (χ0) is 14.5. The molecule has 0 aliphatic rings. The van der Waals surface area contributed by atoms with Crippen LogP contribution in [0.15, 0.2) is 66.9 Å². The molecule has 0 spiro atoms. The van der Waals surface area contributed by atoms with E-state index in [0.717, 1.165) is 16.7 Å². The van der Waals surface area contributed by atoms with Crippen LogP contribution in [0, 0.1) is 0 Å². The first-order valence-electron chi connectivity index (χ1n) is 7.07. The molecule has 0 saturated carbocycles. The maximum atomic E-state index is 5.88. The zero-order valence-electron chi connectivity index (χ0n) is 12.0. The van der Waals surface area contributed by atoms with E-state index in [4.69, 9.17) is 4.74 Å². The minimum absolute atomic E-state index is 0.123. The molecule has 1 unspecified atom stereocenters. The normalized spacial score (nSPS) is 12.2. The van der Waals surface area contributed by atoms with Gasteiger partial charge < -0.3 is 10.1 Å². The van der Waals surface area contributed by atoms with Crippen LogP contribution in [-0.4, -0.2) is 18.6 Å². The van der Waals surface area contributed by atoms with Gasteiger partial charge in [0.2, 0.25) is 0 Å². The summed E-state index contributed by atoms with van der Waals surface area (Å²) >= 11 is 0. The van der Waals surface area contributed by atoms with Crippen molar-refractivity contribution in [2.75, 3.05) is 13.7 Å². The predicted octanol–water partition coefficient (Wildman–Crippen LogP) is 3.57. The molecule has 106 valence electrons. The third kappa shape index (κ3) is 3.03. The van der Waals surface area contributed by atoms with Crippen LogP contribution in [0.2, 0.25) is 0 Å². The molecule has 0 aliphatic heterocycles. The van der Waals surface area contributed by atoms with Crippen LogP contribution in [-0.2, 0) is 0 Å². The molecule has 0 amide bonds. The molecule has 1 N–H and O–H groups in total. The second kappa shape index (κ2) is 6.37. The van der Waals surface area contributed by atoms with Crippen molar-refractivity contribution in [1.29, 1.82) is 0 Å². The molecule has 3 rings (SSSR count). The first kappa shape index (κ1) is 13.6. The summed E-state index contributed by atoms with van der Waals surface area (Å²) in [5, 5.41) is 4.49. The van der Waals surface area contributed by atoms with Crippen molar-refractivity contribution in [1.82, 2.24) is 10.3 Å². The second-order valence-corrected chi connectivity index (χ2v) is 4.88. The van der Waals surface area contributed by atoms with E-state index in [2.05, 4.69) is 22.4 Å². The fraction of sp³-hybridized carbons (Fsp3) is 0.167. The lowest BCUT2D eigenvalue weighted by Crippen LogP contribution is -2.23. The first-order chi connectivity index (χ1) is 10.4. The van der Waals surface area contributed by atoms with Crippen molar-refractivity contribution in [3.05, 3.63) is 72.4 Å². The highest BCUT2D eigenvalue weighted by Crippen LogP contribution is 2.23.